The van der Waals surface area contributed by atoms with E-state index >= 15 is 0 Å². The van der Waals surface area contributed by atoms with Crippen molar-refractivity contribution in [3.8, 4) is 0 Å². The molecule has 0 aromatic heterocycles. The molecule has 4 bridgehead atoms. The van der Waals surface area contributed by atoms with Crippen molar-refractivity contribution >= 4 is 0 Å². The van der Waals surface area contributed by atoms with Crippen LogP contribution in [-0.2, 0) is 0 Å². The minimum Gasteiger partial charge on any atom is -0.325 e. The van der Waals surface area contributed by atoms with Gasteiger partial charge in [-0.05, 0) is 49.9 Å². The van der Waals surface area contributed by atoms with Crippen molar-refractivity contribution in [1.82, 2.24) is 0 Å². The molecular weight excluding hydrogens is 177 g/mol. The Bertz CT molecular complexity index is 257. The third-order valence-corrected chi connectivity index (χ3v) is 4.79. The van der Waals surface area contributed by atoms with Crippen molar-refractivity contribution < 1.29 is 4.39 Å². The number of nitrogens with two attached hydrogens (primary N) is 1. The third-order valence-electron chi connectivity index (χ3n) is 4.79. The lowest BCUT2D eigenvalue weighted by Crippen LogP contribution is -2.63. The topological polar surface area (TPSA) is 26.0 Å². The Morgan fingerprint density at radius 1 is 1.21 bits per heavy atom. The van der Waals surface area contributed by atoms with Gasteiger partial charge in [0.1, 0.15) is 0 Å². The molecule has 4 rings (SSSR count). The molecule has 0 aromatic carbocycles. The van der Waals surface area contributed by atoms with E-state index in [0.29, 0.717) is 5.41 Å². The molecule has 14 heavy (non-hydrogen) atoms. The van der Waals surface area contributed by atoms with Crippen LogP contribution in [0.5, 0.6) is 0 Å². The first-order valence-electron chi connectivity index (χ1n) is 5.82. The van der Waals surface area contributed by atoms with Crippen LogP contribution in [0.25, 0.3) is 0 Å². The minimum absolute atomic E-state index is 0.0136. The summed E-state index contributed by atoms with van der Waals surface area (Å²) in [5.74, 6) is 0.719. The smallest absolute Gasteiger partial charge is 0.0951 e. The summed E-state index contributed by atoms with van der Waals surface area (Å²) in [6.07, 6.45) is 6.74. The Hall–Kier alpha value is -0.110. The van der Waals surface area contributed by atoms with Crippen molar-refractivity contribution in [3.05, 3.63) is 0 Å². The maximum atomic E-state index is 13.2. The predicted molar refractivity (Wildman–Crippen MR) is 54.6 cm³/mol. The molecule has 4 aliphatic rings. The van der Waals surface area contributed by atoms with Gasteiger partial charge in [0.05, 0.1) is 6.67 Å². The first-order chi connectivity index (χ1) is 6.47. The summed E-state index contributed by atoms with van der Waals surface area (Å²) in [5, 5.41) is 0. The largest absolute Gasteiger partial charge is 0.325 e. The molecule has 0 aromatic rings. The molecule has 4 fully saturated rings. The standard InChI is InChI=1S/C12H20FN/c1-10-2-9-3-11(5-10,8-13)7-12(14,4-9)6-10/h9H,2-8,14H2,1H3/t9-,10+,11+,12-/m0/s1. The van der Waals surface area contributed by atoms with E-state index in [1.54, 1.807) is 0 Å². The first kappa shape index (κ1) is 9.14. The Balaban J connectivity index is 2.01. The Labute approximate surface area is 85.2 Å². The van der Waals surface area contributed by atoms with Crippen molar-refractivity contribution in [2.24, 2.45) is 22.5 Å². The van der Waals surface area contributed by atoms with Crippen molar-refractivity contribution in [2.75, 3.05) is 6.67 Å². The summed E-state index contributed by atoms with van der Waals surface area (Å²) in [4.78, 5) is 0. The van der Waals surface area contributed by atoms with Gasteiger partial charge in [0.2, 0.25) is 0 Å². The van der Waals surface area contributed by atoms with Crippen molar-refractivity contribution in [1.29, 1.82) is 0 Å². The lowest BCUT2D eigenvalue weighted by Gasteiger charge is -2.64. The quantitative estimate of drug-likeness (QED) is 0.687. The van der Waals surface area contributed by atoms with E-state index in [9.17, 15) is 4.39 Å². The van der Waals surface area contributed by atoms with Crippen LogP contribution in [0.3, 0.4) is 0 Å². The van der Waals surface area contributed by atoms with Crippen LogP contribution in [0, 0.1) is 16.7 Å². The lowest BCUT2D eigenvalue weighted by atomic mass is 9.43. The molecule has 0 unspecified atom stereocenters. The van der Waals surface area contributed by atoms with E-state index in [-0.39, 0.29) is 17.6 Å². The minimum atomic E-state index is -0.141. The molecule has 0 spiro atoms. The average molecular weight is 197 g/mol. The number of alkyl halides is 1. The normalized spacial score (nSPS) is 60.6. The van der Waals surface area contributed by atoms with Gasteiger partial charge in [-0.2, -0.15) is 0 Å². The van der Waals surface area contributed by atoms with E-state index in [2.05, 4.69) is 6.92 Å². The van der Waals surface area contributed by atoms with Gasteiger partial charge < -0.3 is 5.73 Å². The van der Waals surface area contributed by atoms with E-state index in [0.717, 1.165) is 38.0 Å². The number of hydrogen-bond acceptors (Lipinski definition) is 1. The first-order valence-corrected chi connectivity index (χ1v) is 5.82. The zero-order valence-electron chi connectivity index (χ0n) is 8.98. The maximum absolute atomic E-state index is 13.2. The molecule has 0 saturated heterocycles. The van der Waals surface area contributed by atoms with Crippen LogP contribution in [0.4, 0.5) is 4.39 Å². The molecule has 2 heteroatoms. The Morgan fingerprint density at radius 2 is 2.00 bits per heavy atom. The monoisotopic (exact) mass is 197 g/mol. The predicted octanol–water partition coefficient (Wildman–Crippen LogP) is 2.64. The van der Waals surface area contributed by atoms with Crippen LogP contribution in [0.2, 0.25) is 0 Å². The van der Waals surface area contributed by atoms with Gasteiger partial charge in [0, 0.05) is 11.0 Å². The second-order valence-electron chi connectivity index (χ2n) is 6.82. The summed E-state index contributed by atoms with van der Waals surface area (Å²) in [6, 6.07) is 0. The van der Waals surface area contributed by atoms with Gasteiger partial charge >= 0.3 is 0 Å². The Morgan fingerprint density at radius 3 is 2.57 bits per heavy atom. The van der Waals surface area contributed by atoms with Crippen LogP contribution in [0.15, 0.2) is 0 Å². The van der Waals surface area contributed by atoms with Gasteiger partial charge in [-0.15, -0.1) is 0 Å². The highest BCUT2D eigenvalue weighted by Crippen LogP contribution is 2.65. The second kappa shape index (κ2) is 2.34. The summed E-state index contributed by atoms with van der Waals surface area (Å²) < 4.78 is 13.2. The number of rotatable bonds is 1. The van der Waals surface area contributed by atoms with E-state index in [1.165, 1.54) is 6.42 Å². The molecule has 2 N–H and O–H groups in total. The molecule has 0 radical (unpaired) electrons. The highest BCUT2D eigenvalue weighted by Gasteiger charge is 2.60. The van der Waals surface area contributed by atoms with E-state index < -0.39 is 0 Å². The van der Waals surface area contributed by atoms with Gasteiger partial charge in [-0.1, -0.05) is 6.92 Å². The molecule has 1 nitrogen and oxygen atoms in total. The van der Waals surface area contributed by atoms with Crippen LogP contribution in [-0.4, -0.2) is 12.2 Å². The molecule has 80 valence electrons. The van der Waals surface area contributed by atoms with Crippen LogP contribution < -0.4 is 5.73 Å². The molecule has 0 aliphatic heterocycles. The fourth-order valence-electron chi connectivity index (χ4n) is 5.37. The molecule has 4 aliphatic carbocycles. The van der Waals surface area contributed by atoms with Crippen LogP contribution >= 0.6 is 0 Å². The van der Waals surface area contributed by atoms with Gasteiger partial charge in [0.25, 0.3) is 0 Å². The lowest BCUT2D eigenvalue weighted by molar-refractivity contribution is -0.121. The number of hydrogen-bond donors (Lipinski definition) is 1. The SMILES string of the molecule is C[C@]12C[C@@H]3C[C@](N)(C1)C[C@@](CF)(C3)C2. The summed E-state index contributed by atoms with van der Waals surface area (Å²) >= 11 is 0. The number of halogens is 1. The molecular formula is C12H20FN. The van der Waals surface area contributed by atoms with Gasteiger partial charge in [-0.25, -0.2) is 0 Å². The van der Waals surface area contributed by atoms with Crippen molar-refractivity contribution in [2.45, 2.75) is 51.0 Å². The maximum Gasteiger partial charge on any atom is 0.0951 e. The zero-order valence-corrected chi connectivity index (χ0v) is 8.98. The average Bonchev–Trinajstić information content (AvgIpc) is 1.97. The fourth-order valence-corrected chi connectivity index (χ4v) is 5.37. The third kappa shape index (κ3) is 1.09. The summed E-state index contributed by atoms with van der Waals surface area (Å²) in [7, 11) is 0. The molecule has 0 heterocycles. The van der Waals surface area contributed by atoms with E-state index in [4.69, 9.17) is 5.73 Å². The van der Waals surface area contributed by atoms with Crippen LogP contribution in [0.1, 0.15) is 45.4 Å². The Kier molecular flexibility index (Phi) is 1.53. The molecule has 4 saturated carbocycles. The van der Waals surface area contributed by atoms with Gasteiger partial charge in [-0.3, -0.25) is 4.39 Å². The highest BCUT2D eigenvalue weighted by molar-refractivity contribution is 5.14. The van der Waals surface area contributed by atoms with E-state index in [1.807, 2.05) is 0 Å². The summed E-state index contributed by atoms with van der Waals surface area (Å²) in [5.41, 5.74) is 6.72. The second-order valence-corrected chi connectivity index (χ2v) is 6.82. The molecule has 0 amide bonds. The summed E-state index contributed by atoms with van der Waals surface area (Å²) in [6.45, 7) is 2.18. The zero-order chi connectivity index (χ0) is 10.0. The van der Waals surface area contributed by atoms with Gasteiger partial charge in [0.15, 0.2) is 0 Å². The highest BCUT2D eigenvalue weighted by atomic mass is 19.1. The molecule has 4 atom stereocenters. The fraction of sp³-hybridized carbons (Fsp3) is 1.00. The van der Waals surface area contributed by atoms with Crippen molar-refractivity contribution in [3.63, 3.8) is 0 Å².